The first kappa shape index (κ1) is 22.0. The molecule has 0 spiro atoms. The molecule has 8 heteroatoms. The fourth-order valence-electron chi connectivity index (χ4n) is 3.14. The number of amides is 2. The number of halogens is 1. The third kappa shape index (κ3) is 5.31. The third-order valence-electron chi connectivity index (χ3n) is 4.58. The number of anilines is 2. The van der Waals surface area contributed by atoms with E-state index in [2.05, 4.69) is 16.0 Å². The molecular weight excluding hydrogens is 462 g/mol. The summed E-state index contributed by atoms with van der Waals surface area (Å²) < 4.78 is 0.931. The first-order valence-electron chi connectivity index (χ1n) is 9.73. The average molecular weight is 480 g/mol. The molecule has 1 aromatic heterocycles. The van der Waals surface area contributed by atoms with E-state index in [4.69, 9.17) is 23.8 Å². The van der Waals surface area contributed by atoms with Gasteiger partial charge in [-0.05, 0) is 42.0 Å². The van der Waals surface area contributed by atoms with Crippen LogP contribution in [0.3, 0.4) is 0 Å². The van der Waals surface area contributed by atoms with Crippen LogP contribution in [0.25, 0.3) is 10.1 Å². The van der Waals surface area contributed by atoms with Crippen molar-refractivity contribution in [1.82, 2.24) is 5.32 Å². The molecule has 2 amide bonds. The first-order valence-corrected chi connectivity index (χ1v) is 11.3. The van der Waals surface area contributed by atoms with Crippen LogP contribution >= 0.6 is 35.2 Å². The summed E-state index contributed by atoms with van der Waals surface area (Å²) in [7, 11) is 0. The van der Waals surface area contributed by atoms with Crippen molar-refractivity contribution < 1.29 is 9.59 Å². The standard InChI is InChI=1S/C24H18ClN3O2S2/c25-21-18-11-4-5-12-19(18)32-22(21)23(30)28-24(31)27-17-10-6-9-16(14-17)26-20(29)13-15-7-2-1-3-8-15/h1-12,14H,13H2,(H,26,29)(H2,27,28,30,31). The minimum absolute atomic E-state index is 0.122. The van der Waals surface area contributed by atoms with Crippen molar-refractivity contribution >= 4 is 73.5 Å². The summed E-state index contributed by atoms with van der Waals surface area (Å²) >= 11 is 13.0. The summed E-state index contributed by atoms with van der Waals surface area (Å²) in [5.41, 5.74) is 2.19. The fraction of sp³-hybridized carbons (Fsp3) is 0.0417. The highest BCUT2D eigenvalue weighted by Gasteiger charge is 2.18. The second kappa shape index (κ2) is 9.91. The number of benzene rings is 3. The topological polar surface area (TPSA) is 70.2 Å². The molecule has 0 bridgehead atoms. The highest BCUT2D eigenvalue weighted by molar-refractivity contribution is 7.80. The number of carbonyl (C=O) groups excluding carboxylic acids is 2. The van der Waals surface area contributed by atoms with E-state index in [0.717, 1.165) is 15.6 Å². The van der Waals surface area contributed by atoms with Crippen LogP contribution in [0, 0.1) is 0 Å². The maximum atomic E-state index is 12.7. The molecule has 0 saturated heterocycles. The van der Waals surface area contributed by atoms with Gasteiger partial charge in [0.05, 0.1) is 11.4 Å². The van der Waals surface area contributed by atoms with Crippen LogP contribution in [-0.4, -0.2) is 16.9 Å². The predicted octanol–water partition coefficient (Wildman–Crippen LogP) is 5.86. The molecular formula is C24H18ClN3O2S2. The molecule has 0 unspecified atom stereocenters. The van der Waals surface area contributed by atoms with Crippen LogP contribution < -0.4 is 16.0 Å². The van der Waals surface area contributed by atoms with Crippen molar-refractivity contribution in [2.45, 2.75) is 6.42 Å². The third-order valence-corrected chi connectivity index (χ3v) is 6.46. The molecule has 0 atom stereocenters. The van der Waals surface area contributed by atoms with E-state index in [9.17, 15) is 9.59 Å². The number of thiocarbonyl (C=S) groups is 1. The normalized spacial score (nSPS) is 10.5. The van der Waals surface area contributed by atoms with Gasteiger partial charge >= 0.3 is 0 Å². The van der Waals surface area contributed by atoms with Crippen molar-refractivity contribution in [2.75, 3.05) is 10.6 Å². The Morgan fingerprint density at radius 1 is 0.875 bits per heavy atom. The molecule has 5 nitrogen and oxygen atoms in total. The minimum atomic E-state index is -0.374. The van der Waals surface area contributed by atoms with Crippen molar-refractivity contribution in [3.63, 3.8) is 0 Å². The lowest BCUT2D eigenvalue weighted by Gasteiger charge is -2.11. The molecule has 0 fully saturated rings. The molecule has 4 aromatic rings. The quantitative estimate of drug-likeness (QED) is 0.313. The summed E-state index contributed by atoms with van der Waals surface area (Å²) in [5, 5.41) is 9.88. The van der Waals surface area contributed by atoms with Crippen molar-refractivity contribution in [1.29, 1.82) is 0 Å². The summed E-state index contributed by atoms with van der Waals surface area (Å²) in [6.07, 6.45) is 0.281. The lowest BCUT2D eigenvalue weighted by Crippen LogP contribution is -2.33. The Bertz CT molecular complexity index is 1310. The summed E-state index contributed by atoms with van der Waals surface area (Å²) in [4.78, 5) is 25.4. The van der Waals surface area contributed by atoms with E-state index in [0.29, 0.717) is 21.3 Å². The van der Waals surface area contributed by atoms with Gasteiger partial charge in [-0.25, -0.2) is 0 Å². The summed E-state index contributed by atoms with van der Waals surface area (Å²) in [6, 6.07) is 24.2. The molecule has 0 aliphatic carbocycles. The van der Waals surface area contributed by atoms with Gasteiger partial charge in [-0.1, -0.05) is 66.2 Å². The van der Waals surface area contributed by atoms with Gasteiger partial charge < -0.3 is 10.6 Å². The van der Waals surface area contributed by atoms with E-state index in [-0.39, 0.29) is 23.3 Å². The number of nitrogens with one attached hydrogen (secondary N) is 3. The van der Waals surface area contributed by atoms with Gasteiger partial charge in [0.15, 0.2) is 5.11 Å². The Hall–Kier alpha value is -3.26. The van der Waals surface area contributed by atoms with Gasteiger partial charge in [-0.15, -0.1) is 11.3 Å². The average Bonchev–Trinajstić information content (AvgIpc) is 3.11. The summed E-state index contributed by atoms with van der Waals surface area (Å²) in [6.45, 7) is 0. The minimum Gasteiger partial charge on any atom is -0.332 e. The zero-order valence-electron chi connectivity index (χ0n) is 16.7. The van der Waals surface area contributed by atoms with E-state index in [1.807, 2.05) is 54.6 Å². The Morgan fingerprint density at radius 2 is 1.56 bits per heavy atom. The fourth-order valence-corrected chi connectivity index (χ4v) is 4.77. The molecule has 3 aromatic carbocycles. The molecule has 160 valence electrons. The van der Waals surface area contributed by atoms with Crippen LogP contribution in [0.15, 0.2) is 78.9 Å². The second-order valence-corrected chi connectivity index (χ2v) is 8.78. The van der Waals surface area contributed by atoms with E-state index in [1.165, 1.54) is 11.3 Å². The largest absolute Gasteiger partial charge is 0.332 e. The molecule has 0 radical (unpaired) electrons. The monoisotopic (exact) mass is 479 g/mol. The smallest absolute Gasteiger partial charge is 0.269 e. The van der Waals surface area contributed by atoms with Crippen LogP contribution in [0.4, 0.5) is 11.4 Å². The Morgan fingerprint density at radius 3 is 2.31 bits per heavy atom. The summed E-state index contributed by atoms with van der Waals surface area (Å²) in [5.74, 6) is -0.496. The molecule has 0 aliphatic rings. The van der Waals surface area contributed by atoms with E-state index < -0.39 is 0 Å². The van der Waals surface area contributed by atoms with Gasteiger partial charge in [-0.3, -0.25) is 14.9 Å². The van der Waals surface area contributed by atoms with E-state index >= 15 is 0 Å². The van der Waals surface area contributed by atoms with Crippen molar-refractivity contribution in [3.8, 4) is 0 Å². The Kier molecular flexibility index (Phi) is 6.80. The second-order valence-electron chi connectivity index (χ2n) is 6.94. The number of carbonyl (C=O) groups is 2. The van der Waals surface area contributed by atoms with Crippen molar-refractivity contribution in [2.24, 2.45) is 0 Å². The number of hydrogen-bond acceptors (Lipinski definition) is 4. The van der Waals surface area contributed by atoms with Crippen LogP contribution in [0.5, 0.6) is 0 Å². The maximum absolute atomic E-state index is 12.7. The van der Waals surface area contributed by atoms with Gasteiger partial charge in [0.1, 0.15) is 4.88 Å². The lowest BCUT2D eigenvalue weighted by molar-refractivity contribution is -0.115. The van der Waals surface area contributed by atoms with Crippen LogP contribution in [-0.2, 0) is 11.2 Å². The highest BCUT2D eigenvalue weighted by Crippen LogP contribution is 2.35. The number of fused-ring (bicyclic) bond motifs is 1. The highest BCUT2D eigenvalue weighted by atomic mass is 35.5. The van der Waals surface area contributed by atoms with E-state index in [1.54, 1.807) is 24.3 Å². The van der Waals surface area contributed by atoms with Crippen LogP contribution in [0.2, 0.25) is 5.02 Å². The molecule has 0 saturated carbocycles. The van der Waals surface area contributed by atoms with Gasteiger partial charge in [0.2, 0.25) is 5.91 Å². The maximum Gasteiger partial charge on any atom is 0.269 e. The number of rotatable bonds is 5. The number of hydrogen-bond donors (Lipinski definition) is 3. The molecule has 3 N–H and O–H groups in total. The van der Waals surface area contributed by atoms with Crippen molar-refractivity contribution in [3.05, 3.63) is 94.3 Å². The van der Waals surface area contributed by atoms with Gasteiger partial charge in [-0.2, -0.15) is 0 Å². The lowest BCUT2D eigenvalue weighted by atomic mass is 10.1. The van der Waals surface area contributed by atoms with Gasteiger partial charge in [0.25, 0.3) is 5.91 Å². The molecule has 0 aliphatic heterocycles. The Labute approximate surface area is 199 Å². The molecule has 1 heterocycles. The SMILES string of the molecule is O=C(Cc1ccccc1)Nc1cccc(NC(=S)NC(=O)c2sc3ccccc3c2Cl)c1. The van der Waals surface area contributed by atoms with Gasteiger partial charge in [0, 0.05) is 21.5 Å². The predicted molar refractivity (Wildman–Crippen MR) is 136 cm³/mol. The van der Waals surface area contributed by atoms with Crippen LogP contribution in [0.1, 0.15) is 15.2 Å². The zero-order valence-corrected chi connectivity index (χ0v) is 19.1. The zero-order chi connectivity index (χ0) is 22.5. The molecule has 4 rings (SSSR count). The number of thiophene rings is 1. The molecule has 32 heavy (non-hydrogen) atoms. The Balaban J connectivity index is 1.37. The first-order chi connectivity index (χ1) is 15.5.